The van der Waals surface area contributed by atoms with E-state index in [9.17, 15) is 22.4 Å². The molecule has 0 saturated carbocycles. The molecule has 1 saturated heterocycles. The minimum atomic E-state index is -4.09. The fourth-order valence-corrected chi connectivity index (χ4v) is 1.70. The van der Waals surface area contributed by atoms with Gasteiger partial charge in [-0.15, -0.1) is 0 Å². The first-order valence-corrected chi connectivity index (χ1v) is 5.21. The summed E-state index contributed by atoms with van der Waals surface area (Å²) < 4.78 is 50.0. The van der Waals surface area contributed by atoms with Crippen LogP contribution in [0.3, 0.4) is 0 Å². The van der Waals surface area contributed by atoms with Crippen molar-refractivity contribution in [1.82, 2.24) is 15.5 Å². The molecule has 100 valence electrons. The van der Waals surface area contributed by atoms with E-state index in [0.717, 1.165) is 4.90 Å². The predicted molar refractivity (Wildman–Crippen MR) is 53.2 cm³/mol. The Morgan fingerprint density at radius 1 is 1.59 bits per heavy atom. The minimum Gasteiger partial charge on any atom is -0.358 e. The fraction of sp³-hybridized carbons (Fsp3) is 0.889. The summed E-state index contributed by atoms with van der Waals surface area (Å²) in [4.78, 5) is 12.5. The van der Waals surface area contributed by atoms with Crippen LogP contribution in [0.1, 0.15) is 0 Å². The van der Waals surface area contributed by atoms with E-state index >= 15 is 0 Å². The summed E-state index contributed by atoms with van der Waals surface area (Å²) in [5, 5.41) is 5.19. The molecule has 8 heteroatoms. The Balaban J connectivity index is 2.69. The van der Waals surface area contributed by atoms with E-state index in [1.165, 1.54) is 7.05 Å². The number of carbonyl (C=O) groups is 1. The molecule has 0 aromatic heterocycles. The maximum absolute atomic E-state index is 12.9. The Hall–Kier alpha value is -0.890. The molecule has 0 aromatic carbocycles. The van der Waals surface area contributed by atoms with Crippen molar-refractivity contribution in [2.45, 2.75) is 18.4 Å². The highest BCUT2D eigenvalue weighted by Gasteiger charge is 2.44. The average Bonchev–Trinajstić information content (AvgIpc) is 2.28. The van der Waals surface area contributed by atoms with Crippen LogP contribution in [0.5, 0.6) is 0 Å². The molecule has 1 rings (SSSR count). The molecular formula is C9H15F4N3O. The molecule has 0 aromatic rings. The lowest BCUT2D eigenvalue weighted by molar-refractivity contribution is -0.152. The maximum atomic E-state index is 12.9. The van der Waals surface area contributed by atoms with Crippen molar-refractivity contribution in [2.24, 2.45) is 0 Å². The number of rotatable bonds is 4. The summed E-state index contributed by atoms with van der Waals surface area (Å²) in [5.74, 6) is -4.55. The van der Waals surface area contributed by atoms with Gasteiger partial charge in [-0.1, -0.05) is 0 Å². The van der Waals surface area contributed by atoms with Crippen LogP contribution in [0.2, 0.25) is 0 Å². The average molecular weight is 257 g/mol. The van der Waals surface area contributed by atoms with Crippen molar-refractivity contribution in [2.75, 3.05) is 33.2 Å². The quantitative estimate of drug-likeness (QED) is 0.692. The van der Waals surface area contributed by atoms with Crippen LogP contribution in [0.4, 0.5) is 17.6 Å². The Kier molecular flexibility index (Phi) is 4.70. The lowest BCUT2D eigenvalue weighted by Gasteiger charge is -2.36. The normalized spacial score (nSPS) is 22.8. The molecule has 1 aliphatic heterocycles. The zero-order valence-corrected chi connectivity index (χ0v) is 9.35. The number of alkyl halides is 4. The van der Waals surface area contributed by atoms with Crippen LogP contribution in [0.25, 0.3) is 0 Å². The van der Waals surface area contributed by atoms with Crippen LogP contribution in [-0.4, -0.2) is 62.4 Å². The van der Waals surface area contributed by atoms with E-state index in [4.69, 9.17) is 0 Å². The van der Waals surface area contributed by atoms with Crippen LogP contribution in [0.15, 0.2) is 0 Å². The first kappa shape index (κ1) is 14.2. The van der Waals surface area contributed by atoms with Gasteiger partial charge in [-0.2, -0.15) is 8.78 Å². The van der Waals surface area contributed by atoms with Crippen LogP contribution >= 0.6 is 0 Å². The molecule has 1 fully saturated rings. The molecule has 4 nitrogen and oxygen atoms in total. The molecule has 1 amide bonds. The molecule has 0 bridgehead atoms. The SMILES string of the molecule is CNC(=O)C1CNCCN1CC(F)(F)C(F)F. The number of halogens is 4. The van der Waals surface area contributed by atoms with Crippen LogP contribution < -0.4 is 10.6 Å². The predicted octanol–water partition coefficient (Wildman–Crippen LogP) is -0.0934. The molecule has 1 atom stereocenters. The second-order valence-corrected chi connectivity index (χ2v) is 3.87. The molecule has 2 N–H and O–H groups in total. The van der Waals surface area contributed by atoms with Gasteiger partial charge in [0.1, 0.15) is 6.04 Å². The van der Waals surface area contributed by atoms with Gasteiger partial charge in [0.25, 0.3) is 0 Å². The second kappa shape index (κ2) is 5.63. The van der Waals surface area contributed by atoms with E-state index < -0.39 is 30.8 Å². The first-order chi connectivity index (χ1) is 7.88. The second-order valence-electron chi connectivity index (χ2n) is 3.87. The lowest BCUT2D eigenvalue weighted by Crippen LogP contribution is -2.60. The summed E-state index contributed by atoms with van der Waals surface area (Å²) in [5.41, 5.74) is 0. The largest absolute Gasteiger partial charge is 0.358 e. The molecule has 0 spiro atoms. The number of amides is 1. The first-order valence-electron chi connectivity index (χ1n) is 5.21. The summed E-state index contributed by atoms with van der Waals surface area (Å²) in [6.45, 7) is -0.392. The van der Waals surface area contributed by atoms with Crippen molar-refractivity contribution < 1.29 is 22.4 Å². The van der Waals surface area contributed by atoms with Gasteiger partial charge in [0, 0.05) is 26.7 Å². The van der Waals surface area contributed by atoms with E-state index in [2.05, 4.69) is 10.6 Å². The zero-order valence-electron chi connectivity index (χ0n) is 9.35. The van der Waals surface area contributed by atoms with Crippen molar-refractivity contribution in [3.8, 4) is 0 Å². The number of hydrogen-bond acceptors (Lipinski definition) is 3. The highest BCUT2D eigenvalue weighted by molar-refractivity contribution is 5.81. The van der Waals surface area contributed by atoms with Gasteiger partial charge in [0.15, 0.2) is 0 Å². The van der Waals surface area contributed by atoms with E-state index in [1.807, 2.05) is 0 Å². The summed E-state index contributed by atoms with van der Waals surface area (Å²) >= 11 is 0. The van der Waals surface area contributed by atoms with Crippen molar-refractivity contribution in [3.63, 3.8) is 0 Å². The van der Waals surface area contributed by atoms with Gasteiger partial charge in [0.2, 0.25) is 5.91 Å². The van der Waals surface area contributed by atoms with Gasteiger partial charge in [-0.3, -0.25) is 9.69 Å². The third kappa shape index (κ3) is 3.53. The lowest BCUT2D eigenvalue weighted by atomic mass is 10.1. The number of hydrogen-bond donors (Lipinski definition) is 2. The Morgan fingerprint density at radius 2 is 2.24 bits per heavy atom. The highest BCUT2D eigenvalue weighted by atomic mass is 19.3. The van der Waals surface area contributed by atoms with Gasteiger partial charge in [-0.05, 0) is 0 Å². The molecular weight excluding hydrogens is 242 g/mol. The highest BCUT2D eigenvalue weighted by Crippen LogP contribution is 2.25. The number of likely N-dealkylation sites (N-methyl/N-ethyl adjacent to an activating group) is 1. The fourth-order valence-electron chi connectivity index (χ4n) is 1.70. The smallest absolute Gasteiger partial charge is 0.319 e. The number of carbonyl (C=O) groups excluding carboxylic acids is 1. The summed E-state index contributed by atoms with van der Waals surface area (Å²) in [6, 6.07) is -0.835. The van der Waals surface area contributed by atoms with E-state index in [-0.39, 0.29) is 13.1 Å². The molecule has 1 heterocycles. The van der Waals surface area contributed by atoms with Crippen LogP contribution in [0, 0.1) is 0 Å². The van der Waals surface area contributed by atoms with Gasteiger partial charge < -0.3 is 10.6 Å². The Labute approximate surface area is 96.3 Å². The maximum Gasteiger partial charge on any atom is 0.319 e. The van der Waals surface area contributed by atoms with Gasteiger partial charge in [-0.25, -0.2) is 8.78 Å². The van der Waals surface area contributed by atoms with Gasteiger partial charge >= 0.3 is 12.3 Å². The van der Waals surface area contributed by atoms with Crippen molar-refractivity contribution in [3.05, 3.63) is 0 Å². The minimum absolute atomic E-state index is 0.139. The van der Waals surface area contributed by atoms with Crippen LogP contribution in [-0.2, 0) is 4.79 Å². The van der Waals surface area contributed by atoms with Crippen molar-refractivity contribution >= 4 is 5.91 Å². The Morgan fingerprint density at radius 3 is 2.76 bits per heavy atom. The molecule has 0 radical (unpaired) electrons. The monoisotopic (exact) mass is 257 g/mol. The topological polar surface area (TPSA) is 44.4 Å². The molecule has 17 heavy (non-hydrogen) atoms. The van der Waals surface area contributed by atoms with Gasteiger partial charge in [0.05, 0.1) is 6.54 Å². The van der Waals surface area contributed by atoms with E-state index in [1.54, 1.807) is 0 Å². The third-order valence-corrected chi connectivity index (χ3v) is 2.64. The zero-order chi connectivity index (χ0) is 13.1. The van der Waals surface area contributed by atoms with Crippen molar-refractivity contribution in [1.29, 1.82) is 0 Å². The molecule has 0 aliphatic carbocycles. The Bertz CT molecular complexity index is 275. The summed E-state index contributed by atoms with van der Waals surface area (Å²) in [7, 11) is 1.38. The van der Waals surface area contributed by atoms with E-state index in [0.29, 0.717) is 6.54 Å². The number of nitrogens with zero attached hydrogens (tertiary/aromatic N) is 1. The standard InChI is InChI=1S/C9H15F4N3O/c1-14-7(17)6-4-15-2-3-16(6)5-9(12,13)8(10)11/h6,8,15H,2-5H2,1H3,(H,14,17). The molecule has 1 unspecified atom stereocenters. The molecule has 1 aliphatic rings. The number of piperazine rings is 1. The summed E-state index contributed by atoms with van der Waals surface area (Å²) in [6.07, 6.45) is -3.72. The third-order valence-electron chi connectivity index (χ3n) is 2.64. The number of nitrogens with one attached hydrogen (secondary N) is 2.